The predicted octanol–water partition coefficient (Wildman–Crippen LogP) is 3.49. The largest absolute Gasteiger partial charge is 0.383 e. The Hall–Kier alpha value is -5.37. The first-order chi connectivity index (χ1) is 20.0. The highest BCUT2D eigenvalue weighted by molar-refractivity contribution is 6.04. The molecule has 11 heteroatoms. The quantitative estimate of drug-likeness (QED) is 0.324. The summed E-state index contributed by atoms with van der Waals surface area (Å²) in [5.74, 6) is 3.61. The number of anilines is 1. The summed E-state index contributed by atoms with van der Waals surface area (Å²) in [5.41, 5.74) is 10.2. The highest BCUT2D eigenvalue weighted by atomic mass is 16.1. The standard InChI is InChI=1S/C30H24N10O/c1-2-22-23(19-11-18-5-3-4-6-21(18)32-12-19)24-25(31)34-16-35-26(24)40(22)30-9-7-29(15-30,8-10-30)38-27(41)20-13-33-28-36-17-37-39(28)14-20/h1,3-6,11-14,16-17H,7-10,15H2,(H,38,41)(H2,31,34,35). The number of hydrogen-bond donors (Lipinski definition) is 2. The molecule has 11 nitrogen and oxygen atoms in total. The molecule has 3 N–H and O–H groups in total. The molecule has 0 aliphatic heterocycles. The van der Waals surface area contributed by atoms with E-state index in [0.29, 0.717) is 28.5 Å². The molecule has 0 unspecified atom stereocenters. The summed E-state index contributed by atoms with van der Waals surface area (Å²) in [6.07, 6.45) is 18.2. The topological polar surface area (TPSA) is 142 Å². The molecule has 5 aromatic heterocycles. The van der Waals surface area contributed by atoms with Crippen molar-refractivity contribution in [1.82, 2.24) is 44.4 Å². The van der Waals surface area contributed by atoms with E-state index in [0.717, 1.165) is 59.5 Å². The van der Waals surface area contributed by atoms with Gasteiger partial charge in [-0.3, -0.25) is 9.78 Å². The van der Waals surface area contributed by atoms with Crippen molar-refractivity contribution < 1.29 is 4.79 Å². The van der Waals surface area contributed by atoms with Crippen LogP contribution in [0.15, 0.2) is 61.6 Å². The molecule has 8 rings (SSSR count). The molecular formula is C30H24N10O. The number of carbonyl (C=O) groups excluding carboxylic acids is 1. The summed E-state index contributed by atoms with van der Waals surface area (Å²) in [5, 5.41) is 9.17. The molecular weight excluding hydrogens is 516 g/mol. The van der Waals surface area contributed by atoms with Gasteiger partial charge in [0.05, 0.1) is 16.5 Å². The molecule has 2 fully saturated rings. The fourth-order valence-electron chi connectivity index (χ4n) is 7.02. The van der Waals surface area contributed by atoms with Gasteiger partial charge in [-0.15, -0.1) is 6.42 Å². The number of carbonyl (C=O) groups is 1. The lowest BCUT2D eigenvalue weighted by Gasteiger charge is -2.30. The number of terminal acetylenes is 1. The zero-order chi connectivity index (χ0) is 27.8. The van der Waals surface area contributed by atoms with Gasteiger partial charge in [-0.2, -0.15) is 10.1 Å². The van der Waals surface area contributed by atoms with E-state index in [4.69, 9.17) is 17.1 Å². The number of nitrogens with zero attached hydrogens (tertiary/aromatic N) is 8. The summed E-state index contributed by atoms with van der Waals surface area (Å²) in [6.45, 7) is 0. The van der Waals surface area contributed by atoms with Crippen LogP contribution >= 0.6 is 0 Å². The molecule has 0 radical (unpaired) electrons. The van der Waals surface area contributed by atoms with E-state index >= 15 is 0 Å². The average molecular weight is 541 g/mol. The number of amides is 1. The first-order valence-corrected chi connectivity index (χ1v) is 13.4. The minimum atomic E-state index is -0.375. The van der Waals surface area contributed by atoms with Gasteiger partial charge in [-0.05, 0) is 44.2 Å². The van der Waals surface area contributed by atoms with Crippen molar-refractivity contribution in [2.45, 2.75) is 43.2 Å². The van der Waals surface area contributed by atoms with Crippen LogP contribution in [-0.4, -0.2) is 50.5 Å². The van der Waals surface area contributed by atoms with Crippen LogP contribution in [0.3, 0.4) is 0 Å². The van der Waals surface area contributed by atoms with Crippen molar-refractivity contribution in [3.63, 3.8) is 0 Å². The normalized spacial score (nSPS) is 21.5. The second kappa shape index (κ2) is 8.32. The maximum atomic E-state index is 13.4. The molecule has 5 heterocycles. The smallest absolute Gasteiger partial charge is 0.254 e. The second-order valence-electron chi connectivity index (χ2n) is 11.1. The van der Waals surface area contributed by atoms with Crippen LogP contribution in [0, 0.1) is 12.3 Å². The zero-order valence-corrected chi connectivity index (χ0v) is 21.9. The van der Waals surface area contributed by atoms with Gasteiger partial charge in [0, 0.05) is 46.2 Å². The lowest BCUT2D eigenvalue weighted by Crippen LogP contribution is -2.45. The van der Waals surface area contributed by atoms with E-state index in [-0.39, 0.29) is 17.0 Å². The Labute approximate surface area is 233 Å². The number of benzene rings is 1. The number of fused-ring (bicyclic) bond motifs is 5. The number of aromatic nitrogens is 8. The molecule has 41 heavy (non-hydrogen) atoms. The van der Waals surface area contributed by atoms with E-state index in [1.165, 1.54) is 23.4 Å². The maximum absolute atomic E-state index is 13.4. The monoisotopic (exact) mass is 540 g/mol. The van der Waals surface area contributed by atoms with Crippen molar-refractivity contribution in [3.05, 3.63) is 72.8 Å². The minimum absolute atomic E-state index is 0.184. The highest BCUT2D eigenvalue weighted by Crippen LogP contribution is 2.57. The van der Waals surface area contributed by atoms with E-state index < -0.39 is 0 Å². The first kappa shape index (κ1) is 23.5. The van der Waals surface area contributed by atoms with Gasteiger partial charge in [0.25, 0.3) is 11.7 Å². The van der Waals surface area contributed by atoms with Crippen LogP contribution in [0.2, 0.25) is 0 Å². The van der Waals surface area contributed by atoms with Gasteiger partial charge in [-0.1, -0.05) is 24.1 Å². The SMILES string of the molecule is C#Cc1c(-c2cnc3ccccc3c2)c2c(N)ncnc2n1C12CCC(NC(=O)c3cnc4ncnn4c3)(CC1)C2. The van der Waals surface area contributed by atoms with Crippen molar-refractivity contribution in [1.29, 1.82) is 0 Å². The van der Waals surface area contributed by atoms with Gasteiger partial charge in [0.2, 0.25) is 0 Å². The van der Waals surface area contributed by atoms with E-state index in [1.807, 2.05) is 30.5 Å². The molecule has 0 spiro atoms. The van der Waals surface area contributed by atoms with E-state index in [1.54, 1.807) is 6.20 Å². The molecule has 2 aliphatic rings. The average Bonchev–Trinajstić information content (AvgIpc) is 3.77. The van der Waals surface area contributed by atoms with Crippen LogP contribution in [0.5, 0.6) is 0 Å². The number of nitrogens with one attached hydrogen (secondary N) is 1. The molecule has 0 atom stereocenters. The van der Waals surface area contributed by atoms with Crippen molar-refractivity contribution in [3.8, 4) is 23.5 Å². The Morgan fingerprint density at radius 1 is 1.02 bits per heavy atom. The fraction of sp³-hybridized carbons (Fsp3) is 0.233. The maximum Gasteiger partial charge on any atom is 0.254 e. The highest BCUT2D eigenvalue weighted by Gasteiger charge is 2.57. The Kier molecular flexibility index (Phi) is 4.77. The first-order valence-electron chi connectivity index (χ1n) is 13.4. The van der Waals surface area contributed by atoms with Gasteiger partial charge < -0.3 is 15.6 Å². The van der Waals surface area contributed by atoms with Gasteiger partial charge in [-0.25, -0.2) is 19.5 Å². The second-order valence-corrected chi connectivity index (χ2v) is 11.1. The predicted molar refractivity (Wildman–Crippen MR) is 153 cm³/mol. The van der Waals surface area contributed by atoms with Crippen molar-refractivity contribution in [2.75, 3.05) is 5.73 Å². The van der Waals surface area contributed by atoms with Crippen molar-refractivity contribution in [2.24, 2.45) is 0 Å². The number of rotatable bonds is 4. The van der Waals surface area contributed by atoms with Gasteiger partial charge in [0.15, 0.2) is 0 Å². The van der Waals surface area contributed by atoms with Crippen molar-refractivity contribution >= 4 is 39.4 Å². The number of nitrogen functional groups attached to an aromatic ring is 1. The number of hydrogen-bond acceptors (Lipinski definition) is 8. The Morgan fingerprint density at radius 3 is 2.73 bits per heavy atom. The number of para-hydroxylation sites is 1. The lowest BCUT2D eigenvalue weighted by molar-refractivity contribution is 0.0900. The summed E-state index contributed by atoms with van der Waals surface area (Å²) >= 11 is 0. The summed E-state index contributed by atoms with van der Waals surface area (Å²) in [4.78, 5) is 35.4. The number of nitrogens with two attached hydrogens (primary N) is 1. The molecule has 0 saturated heterocycles. The van der Waals surface area contributed by atoms with Crippen LogP contribution in [0.4, 0.5) is 5.82 Å². The van der Waals surface area contributed by atoms with Crippen LogP contribution in [0.25, 0.3) is 38.8 Å². The van der Waals surface area contributed by atoms with Gasteiger partial charge >= 0.3 is 0 Å². The Balaban J connectivity index is 1.22. The molecule has 1 aromatic carbocycles. The zero-order valence-electron chi connectivity index (χ0n) is 21.9. The minimum Gasteiger partial charge on any atom is -0.383 e. The summed E-state index contributed by atoms with van der Waals surface area (Å²) < 4.78 is 3.69. The third-order valence-corrected chi connectivity index (χ3v) is 8.85. The van der Waals surface area contributed by atoms with Gasteiger partial charge in [0.1, 0.15) is 29.8 Å². The van der Waals surface area contributed by atoms with Crippen LogP contribution < -0.4 is 11.1 Å². The molecule has 2 aliphatic carbocycles. The molecule has 2 bridgehead atoms. The third-order valence-electron chi connectivity index (χ3n) is 8.85. The third kappa shape index (κ3) is 3.37. The van der Waals surface area contributed by atoms with Crippen LogP contribution in [0.1, 0.15) is 48.2 Å². The number of pyridine rings is 1. The Bertz CT molecular complexity index is 2080. The summed E-state index contributed by atoms with van der Waals surface area (Å²) in [7, 11) is 0. The molecule has 1 amide bonds. The molecule has 6 aromatic rings. The van der Waals surface area contributed by atoms with E-state index in [9.17, 15) is 4.79 Å². The molecule has 200 valence electrons. The summed E-state index contributed by atoms with van der Waals surface area (Å²) in [6, 6.07) is 10.0. The van der Waals surface area contributed by atoms with Crippen LogP contribution in [-0.2, 0) is 5.54 Å². The molecule has 2 saturated carbocycles. The lowest BCUT2D eigenvalue weighted by atomic mass is 9.90. The Morgan fingerprint density at radius 2 is 1.88 bits per heavy atom. The van der Waals surface area contributed by atoms with E-state index in [2.05, 4.69) is 46.9 Å². The fourth-order valence-corrected chi connectivity index (χ4v) is 7.02.